The maximum atomic E-state index is 12.4. The molecule has 0 radical (unpaired) electrons. The van der Waals surface area contributed by atoms with Crippen molar-refractivity contribution in [1.29, 1.82) is 0 Å². The summed E-state index contributed by atoms with van der Waals surface area (Å²) in [5.74, 6) is -0.391. The number of amides is 1. The van der Waals surface area contributed by atoms with E-state index >= 15 is 0 Å². The van der Waals surface area contributed by atoms with Crippen LogP contribution in [0.1, 0.15) is 41.4 Å². The van der Waals surface area contributed by atoms with E-state index in [4.69, 9.17) is 0 Å². The summed E-state index contributed by atoms with van der Waals surface area (Å²) in [7, 11) is -3.45. The summed E-state index contributed by atoms with van der Waals surface area (Å²) < 4.78 is 23.6. The first-order chi connectivity index (χ1) is 10.8. The molecular weight excluding hydrogens is 310 g/mol. The number of rotatable bonds is 5. The molecule has 0 spiro atoms. The standard InChI is InChI=1S/C18H21NO3S/c1-4-14-9-11-15(12-10-14)13(2)19-18(20)16-7-5-6-8-17(16)23(3,21)22/h5-13H,4H2,1-3H3,(H,19,20). The average molecular weight is 331 g/mol. The number of aryl methyl sites for hydroxylation is 1. The molecule has 0 fully saturated rings. The third-order valence-electron chi connectivity index (χ3n) is 3.77. The van der Waals surface area contributed by atoms with Crippen molar-refractivity contribution in [3.63, 3.8) is 0 Å². The molecule has 0 aliphatic rings. The zero-order valence-electron chi connectivity index (χ0n) is 13.5. The number of benzene rings is 2. The average Bonchev–Trinajstić information content (AvgIpc) is 2.54. The Morgan fingerprint density at radius 1 is 1.09 bits per heavy atom. The van der Waals surface area contributed by atoms with Gasteiger partial charge in [-0.05, 0) is 36.6 Å². The van der Waals surface area contributed by atoms with Crippen LogP contribution in [0.2, 0.25) is 0 Å². The van der Waals surface area contributed by atoms with Crippen molar-refractivity contribution in [3.8, 4) is 0 Å². The van der Waals surface area contributed by atoms with Crippen LogP contribution < -0.4 is 5.32 Å². The summed E-state index contributed by atoms with van der Waals surface area (Å²) in [4.78, 5) is 12.5. The Balaban J connectivity index is 2.22. The fourth-order valence-electron chi connectivity index (χ4n) is 2.38. The normalized spacial score (nSPS) is 12.7. The monoisotopic (exact) mass is 331 g/mol. The van der Waals surface area contributed by atoms with Gasteiger partial charge in [0.2, 0.25) is 0 Å². The van der Waals surface area contributed by atoms with E-state index in [0.29, 0.717) is 0 Å². The van der Waals surface area contributed by atoms with Crippen molar-refractivity contribution < 1.29 is 13.2 Å². The van der Waals surface area contributed by atoms with Crippen LogP contribution in [0.15, 0.2) is 53.4 Å². The lowest BCUT2D eigenvalue weighted by atomic mass is 10.0. The second kappa shape index (κ2) is 6.96. The third kappa shape index (κ3) is 4.20. The Bertz CT molecular complexity index is 795. The molecule has 122 valence electrons. The lowest BCUT2D eigenvalue weighted by Crippen LogP contribution is -2.28. The van der Waals surface area contributed by atoms with Gasteiger partial charge in [0.05, 0.1) is 16.5 Å². The zero-order valence-corrected chi connectivity index (χ0v) is 14.4. The molecule has 0 aliphatic carbocycles. The minimum atomic E-state index is -3.45. The second-order valence-electron chi connectivity index (χ2n) is 5.56. The molecule has 23 heavy (non-hydrogen) atoms. The highest BCUT2D eigenvalue weighted by Crippen LogP contribution is 2.18. The quantitative estimate of drug-likeness (QED) is 0.915. The predicted molar refractivity (Wildman–Crippen MR) is 91.3 cm³/mol. The van der Waals surface area contributed by atoms with E-state index in [0.717, 1.165) is 18.2 Å². The fourth-order valence-corrected chi connectivity index (χ4v) is 3.26. The summed E-state index contributed by atoms with van der Waals surface area (Å²) in [6.07, 6.45) is 2.06. The minimum absolute atomic E-state index is 0.0473. The first-order valence-corrected chi connectivity index (χ1v) is 9.41. The highest BCUT2D eigenvalue weighted by molar-refractivity contribution is 7.90. The number of nitrogens with one attached hydrogen (secondary N) is 1. The SMILES string of the molecule is CCc1ccc(C(C)NC(=O)c2ccccc2S(C)(=O)=O)cc1. The third-order valence-corrected chi connectivity index (χ3v) is 4.92. The summed E-state index contributed by atoms with van der Waals surface area (Å²) in [6.45, 7) is 3.96. The van der Waals surface area contributed by atoms with Crippen LogP contribution in [0, 0.1) is 0 Å². The lowest BCUT2D eigenvalue weighted by Gasteiger charge is -2.16. The van der Waals surface area contributed by atoms with Gasteiger partial charge in [0.15, 0.2) is 9.84 Å². The molecule has 0 saturated carbocycles. The predicted octanol–water partition coefficient (Wildman–Crippen LogP) is 3.14. The van der Waals surface area contributed by atoms with E-state index in [-0.39, 0.29) is 16.5 Å². The zero-order chi connectivity index (χ0) is 17.0. The Hall–Kier alpha value is -2.14. The van der Waals surface area contributed by atoms with Crippen LogP contribution in [0.5, 0.6) is 0 Å². The Morgan fingerprint density at radius 3 is 2.26 bits per heavy atom. The first kappa shape index (κ1) is 17.2. The van der Waals surface area contributed by atoms with Crippen molar-refractivity contribution in [3.05, 3.63) is 65.2 Å². The smallest absolute Gasteiger partial charge is 0.253 e. The minimum Gasteiger partial charge on any atom is -0.345 e. The maximum Gasteiger partial charge on any atom is 0.253 e. The maximum absolute atomic E-state index is 12.4. The van der Waals surface area contributed by atoms with Gasteiger partial charge < -0.3 is 5.32 Å². The fraction of sp³-hybridized carbons (Fsp3) is 0.278. The summed E-state index contributed by atoms with van der Waals surface area (Å²) in [6, 6.07) is 14.1. The van der Waals surface area contributed by atoms with Gasteiger partial charge in [0, 0.05) is 6.26 Å². The van der Waals surface area contributed by atoms with Gasteiger partial charge >= 0.3 is 0 Å². The van der Waals surface area contributed by atoms with Crippen molar-refractivity contribution in [2.75, 3.05) is 6.26 Å². The van der Waals surface area contributed by atoms with Gasteiger partial charge in [0.25, 0.3) is 5.91 Å². The van der Waals surface area contributed by atoms with Crippen LogP contribution in [0.4, 0.5) is 0 Å². The molecule has 2 rings (SSSR count). The van der Waals surface area contributed by atoms with Crippen molar-refractivity contribution in [2.24, 2.45) is 0 Å². The van der Waals surface area contributed by atoms with E-state index in [9.17, 15) is 13.2 Å². The van der Waals surface area contributed by atoms with Crippen LogP contribution >= 0.6 is 0 Å². The number of hydrogen-bond acceptors (Lipinski definition) is 3. The van der Waals surface area contributed by atoms with E-state index in [1.54, 1.807) is 12.1 Å². The molecule has 4 nitrogen and oxygen atoms in total. The summed E-state index contributed by atoms with van der Waals surface area (Å²) in [5.41, 5.74) is 2.38. The van der Waals surface area contributed by atoms with E-state index in [1.807, 2.05) is 31.2 Å². The highest BCUT2D eigenvalue weighted by atomic mass is 32.2. The van der Waals surface area contributed by atoms with Crippen LogP contribution in [-0.2, 0) is 16.3 Å². The molecule has 1 unspecified atom stereocenters. The van der Waals surface area contributed by atoms with Gasteiger partial charge in [-0.25, -0.2) is 8.42 Å². The molecule has 2 aromatic carbocycles. The number of carbonyl (C=O) groups is 1. The first-order valence-electron chi connectivity index (χ1n) is 7.51. The lowest BCUT2D eigenvalue weighted by molar-refractivity contribution is 0.0936. The molecule has 0 aliphatic heterocycles. The Labute approximate surface area is 137 Å². The summed E-state index contributed by atoms with van der Waals surface area (Å²) >= 11 is 0. The van der Waals surface area contributed by atoms with Crippen LogP contribution in [0.3, 0.4) is 0 Å². The highest BCUT2D eigenvalue weighted by Gasteiger charge is 2.19. The van der Waals surface area contributed by atoms with E-state index < -0.39 is 15.7 Å². The number of carbonyl (C=O) groups excluding carboxylic acids is 1. The topological polar surface area (TPSA) is 63.2 Å². The Kier molecular flexibility index (Phi) is 5.21. The molecule has 0 saturated heterocycles. The van der Waals surface area contributed by atoms with E-state index in [1.165, 1.54) is 17.7 Å². The molecule has 0 heterocycles. The van der Waals surface area contributed by atoms with Gasteiger partial charge in [-0.15, -0.1) is 0 Å². The van der Waals surface area contributed by atoms with Crippen molar-refractivity contribution in [2.45, 2.75) is 31.2 Å². The molecule has 1 atom stereocenters. The molecule has 0 aromatic heterocycles. The molecule has 1 N–H and O–H groups in total. The number of sulfone groups is 1. The number of hydrogen-bond donors (Lipinski definition) is 1. The Morgan fingerprint density at radius 2 is 1.70 bits per heavy atom. The van der Waals surface area contributed by atoms with Gasteiger partial charge in [-0.3, -0.25) is 4.79 Å². The van der Waals surface area contributed by atoms with Gasteiger partial charge in [-0.1, -0.05) is 43.3 Å². The van der Waals surface area contributed by atoms with Gasteiger partial charge in [-0.2, -0.15) is 0 Å². The molecule has 5 heteroatoms. The summed E-state index contributed by atoms with van der Waals surface area (Å²) in [5, 5.41) is 2.86. The molecule has 0 bridgehead atoms. The van der Waals surface area contributed by atoms with E-state index in [2.05, 4.69) is 12.2 Å². The van der Waals surface area contributed by atoms with Crippen molar-refractivity contribution in [1.82, 2.24) is 5.32 Å². The van der Waals surface area contributed by atoms with Gasteiger partial charge in [0.1, 0.15) is 0 Å². The second-order valence-corrected chi connectivity index (χ2v) is 7.54. The van der Waals surface area contributed by atoms with Crippen molar-refractivity contribution >= 4 is 15.7 Å². The molecule has 1 amide bonds. The van der Waals surface area contributed by atoms with Crippen LogP contribution in [-0.4, -0.2) is 20.6 Å². The van der Waals surface area contributed by atoms with Crippen LogP contribution in [0.25, 0.3) is 0 Å². The largest absolute Gasteiger partial charge is 0.345 e. The molecule has 2 aromatic rings. The molecular formula is C18H21NO3S.